The smallest absolute Gasteiger partial charge is 0.234 e. The van der Waals surface area contributed by atoms with Gasteiger partial charge in [0.15, 0.2) is 0 Å². The van der Waals surface area contributed by atoms with E-state index in [0.29, 0.717) is 11.4 Å². The molecule has 3 rings (SSSR count). The maximum Gasteiger partial charge on any atom is 0.234 e. The van der Waals surface area contributed by atoms with Gasteiger partial charge in [-0.25, -0.2) is 0 Å². The Morgan fingerprint density at radius 3 is 1.88 bits per heavy atom. The van der Waals surface area contributed by atoms with Gasteiger partial charge in [-0.3, -0.25) is 4.79 Å². The fraction of sp³-hybridized carbons (Fsp3) is 0.136. The van der Waals surface area contributed by atoms with E-state index < -0.39 is 0 Å². The quantitative estimate of drug-likeness (QED) is 0.512. The van der Waals surface area contributed by atoms with Gasteiger partial charge >= 0.3 is 0 Å². The molecule has 0 saturated heterocycles. The average Bonchev–Trinajstić information content (AvgIpc) is 2.69. The Morgan fingerprint density at radius 2 is 1.35 bits per heavy atom. The summed E-state index contributed by atoms with van der Waals surface area (Å²) in [5.74, 6) is -0.0670. The molecule has 0 heterocycles. The number of nitrogens with one attached hydrogen (secondary N) is 1. The van der Waals surface area contributed by atoms with Gasteiger partial charge in [0.1, 0.15) is 0 Å². The second-order valence-corrected chi connectivity index (χ2v) is 7.54. The van der Waals surface area contributed by atoms with Gasteiger partial charge in [0.2, 0.25) is 5.91 Å². The molecule has 132 valence electrons. The van der Waals surface area contributed by atoms with E-state index in [4.69, 9.17) is 11.6 Å². The number of alkyl halides is 1. The molecule has 3 aromatic rings. The van der Waals surface area contributed by atoms with Gasteiger partial charge in [-0.05, 0) is 29.2 Å². The molecule has 3 aromatic carbocycles. The van der Waals surface area contributed by atoms with E-state index in [2.05, 4.69) is 21.2 Å². The summed E-state index contributed by atoms with van der Waals surface area (Å²) in [6.07, 6.45) is 0.530. The molecule has 0 saturated carbocycles. The fourth-order valence-corrected chi connectivity index (χ4v) is 3.53. The highest BCUT2D eigenvalue weighted by molar-refractivity contribution is 9.10. The van der Waals surface area contributed by atoms with Crippen molar-refractivity contribution in [3.8, 4) is 0 Å². The molecule has 0 radical (unpaired) electrons. The van der Waals surface area contributed by atoms with Crippen LogP contribution in [-0.4, -0.2) is 10.7 Å². The summed E-state index contributed by atoms with van der Waals surface area (Å²) < 4.78 is 0. The molecule has 0 aromatic heterocycles. The second-order valence-electron chi connectivity index (χ2n) is 6.03. The highest BCUT2D eigenvalue weighted by Crippen LogP contribution is 2.24. The van der Waals surface area contributed by atoms with E-state index in [1.54, 1.807) is 0 Å². The van der Waals surface area contributed by atoms with Crippen molar-refractivity contribution in [3.05, 3.63) is 107 Å². The fourth-order valence-electron chi connectivity index (χ4n) is 2.83. The predicted molar refractivity (Wildman–Crippen MR) is 111 cm³/mol. The Balaban J connectivity index is 1.78. The molecule has 4 heteroatoms. The number of hydrogen-bond acceptors (Lipinski definition) is 1. The Labute approximate surface area is 167 Å². The average molecular weight is 429 g/mol. The Kier molecular flexibility index (Phi) is 6.48. The van der Waals surface area contributed by atoms with Crippen LogP contribution in [0.3, 0.4) is 0 Å². The van der Waals surface area contributed by atoms with Gasteiger partial charge in [0.25, 0.3) is 0 Å². The van der Waals surface area contributed by atoms with Crippen LogP contribution < -0.4 is 5.32 Å². The zero-order valence-electron chi connectivity index (χ0n) is 14.1. The molecule has 0 aliphatic rings. The molecular weight excluding hydrogens is 410 g/mol. The zero-order chi connectivity index (χ0) is 18.4. The van der Waals surface area contributed by atoms with Crippen LogP contribution in [0, 0.1) is 0 Å². The van der Waals surface area contributed by atoms with Crippen LogP contribution in [0.25, 0.3) is 0 Å². The molecule has 1 unspecified atom stereocenters. The Hall–Kier alpha value is -2.10. The number of amides is 1. The van der Waals surface area contributed by atoms with E-state index >= 15 is 0 Å². The van der Waals surface area contributed by atoms with E-state index in [0.717, 1.165) is 16.7 Å². The SMILES string of the molecule is O=C(NC(c1ccccc1)c1ccccc1)C(Br)Cc1ccccc1Cl. The molecule has 0 bridgehead atoms. The summed E-state index contributed by atoms with van der Waals surface area (Å²) in [5, 5.41) is 3.83. The zero-order valence-corrected chi connectivity index (χ0v) is 16.5. The lowest BCUT2D eigenvalue weighted by molar-refractivity contribution is -0.120. The lowest BCUT2D eigenvalue weighted by Gasteiger charge is -2.22. The summed E-state index contributed by atoms with van der Waals surface area (Å²) >= 11 is 9.74. The van der Waals surface area contributed by atoms with Gasteiger partial charge in [0.05, 0.1) is 10.9 Å². The van der Waals surface area contributed by atoms with Crippen LogP contribution in [0.1, 0.15) is 22.7 Å². The van der Waals surface area contributed by atoms with Crippen molar-refractivity contribution >= 4 is 33.4 Å². The van der Waals surface area contributed by atoms with Crippen LogP contribution in [-0.2, 0) is 11.2 Å². The van der Waals surface area contributed by atoms with Crippen molar-refractivity contribution in [1.82, 2.24) is 5.32 Å². The van der Waals surface area contributed by atoms with E-state index in [-0.39, 0.29) is 16.8 Å². The molecule has 1 atom stereocenters. The minimum absolute atomic E-state index is 0.0670. The van der Waals surface area contributed by atoms with Crippen molar-refractivity contribution in [1.29, 1.82) is 0 Å². The predicted octanol–water partition coefficient (Wildman–Crippen LogP) is 5.55. The topological polar surface area (TPSA) is 29.1 Å². The number of hydrogen-bond donors (Lipinski definition) is 1. The molecule has 1 amide bonds. The number of carbonyl (C=O) groups is 1. The third kappa shape index (κ3) is 4.75. The first-order valence-electron chi connectivity index (χ1n) is 8.43. The number of carbonyl (C=O) groups excluding carboxylic acids is 1. The monoisotopic (exact) mass is 427 g/mol. The summed E-state index contributed by atoms with van der Waals surface area (Å²) in [6, 6.07) is 27.3. The third-order valence-corrected chi connectivity index (χ3v) is 5.30. The van der Waals surface area contributed by atoms with Crippen molar-refractivity contribution in [3.63, 3.8) is 0 Å². The molecule has 0 spiro atoms. The minimum atomic E-state index is -0.364. The van der Waals surface area contributed by atoms with Gasteiger partial charge in [-0.1, -0.05) is 106 Å². The van der Waals surface area contributed by atoms with Crippen molar-refractivity contribution in [2.24, 2.45) is 0 Å². The normalized spacial score (nSPS) is 12.0. The molecule has 0 fully saturated rings. The van der Waals surface area contributed by atoms with E-state index in [1.165, 1.54) is 0 Å². The number of benzene rings is 3. The van der Waals surface area contributed by atoms with Crippen LogP contribution >= 0.6 is 27.5 Å². The number of halogens is 2. The lowest BCUT2D eigenvalue weighted by Crippen LogP contribution is -2.36. The summed E-state index contributed by atoms with van der Waals surface area (Å²) in [5.41, 5.74) is 3.04. The Morgan fingerprint density at radius 1 is 0.846 bits per heavy atom. The summed E-state index contributed by atoms with van der Waals surface area (Å²) in [6.45, 7) is 0. The van der Waals surface area contributed by atoms with Crippen molar-refractivity contribution in [2.45, 2.75) is 17.3 Å². The first-order chi connectivity index (χ1) is 12.6. The van der Waals surface area contributed by atoms with Crippen LogP contribution in [0.4, 0.5) is 0 Å². The maximum atomic E-state index is 12.8. The number of rotatable bonds is 6. The highest BCUT2D eigenvalue weighted by atomic mass is 79.9. The molecule has 26 heavy (non-hydrogen) atoms. The van der Waals surface area contributed by atoms with Crippen LogP contribution in [0.2, 0.25) is 5.02 Å². The minimum Gasteiger partial charge on any atom is -0.344 e. The van der Waals surface area contributed by atoms with Crippen LogP contribution in [0.5, 0.6) is 0 Å². The van der Waals surface area contributed by atoms with Gasteiger partial charge in [-0.15, -0.1) is 0 Å². The van der Waals surface area contributed by atoms with E-state index in [1.807, 2.05) is 84.9 Å². The van der Waals surface area contributed by atoms with Crippen molar-refractivity contribution < 1.29 is 4.79 Å². The summed E-state index contributed by atoms with van der Waals surface area (Å²) in [4.78, 5) is 12.5. The first-order valence-corrected chi connectivity index (χ1v) is 9.72. The summed E-state index contributed by atoms with van der Waals surface area (Å²) in [7, 11) is 0. The third-order valence-electron chi connectivity index (χ3n) is 4.19. The van der Waals surface area contributed by atoms with Crippen LogP contribution in [0.15, 0.2) is 84.9 Å². The van der Waals surface area contributed by atoms with Crippen molar-refractivity contribution in [2.75, 3.05) is 0 Å². The van der Waals surface area contributed by atoms with Gasteiger partial charge in [0, 0.05) is 5.02 Å². The maximum absolute atomic E-state index is 12.8. The van der Waals surface area contributed by atoms with Gasteiger partial charge < -0.3 is 5.32 Å². The largest absolute Gasteiger partial charge is 0.344 e. The standard InChI is InChI=1S/C22H19BrClNO/c23-19(15-18-13-7-8-14-20(18)24)22(26)25-21(16-9-3-1-4-10-16)17-11-5-2-6-12-17/h1-14,19,21H,15H2,(H,25,26). The molecule has 0 aliphatic heterocycles. The molecule has 2 nitrogen and oxygen atoms in total. The highest BCUT2D eigenvalue weighted by Gasteiger charge is 2.22. The second kappa shape index (κ2) is 9.02. The molecule has 0 aliphatic carbocycles. The lowest BCUT2D eigenvalue weighted by atomic mass is 9.98. The van der Waals surface area contributed by atoms with E-state index in [9.17, 15) is 4.79 Å². The first kappa shape index (κ1) is 18.7. The Bertz CT molecular complexity index is 815. The molecule has 1 N–H and O–H groups in total. The van der Waals surface area contributed by atoms with Gasteiger partial charge in [-0.2, -0.15) is 0 Å². The molecular formula is C22H19BrClNO.